The van der Waals surface area contributed by atoms with Gasteiger partial charge in [-0.15, -0.1) is 17.9 Å². The van der Waals surface area contributed by atoms with Crippen molar-refractivity contribution < 1.29 is 37.2 Å². The highest BCUT2D eigenvalue weighted by molar-refractivity contribution is 5.94. The second-order valence-electron chi connectivity index (χ2n) is 12.3. The predicted octanol–water partition coefficient (Wildman–Crippen LogP) is 7.67. The van der Waals surface area contributed by atoms with Gasteiger partial charge >= 0.3 is 11.8 Å². The van der Waals surface area contributed by atoms with Crippen LogP contribution in [0.2, 0.25) is 0 Å². The van der Waals surface area contributed by atoms with Gasteiger partial charge in [0.1, 0.15) is 12.0 Å². The maximum Gasteiger partial charge on any atom is 0.433 e. The summed E-state index contributed by atoms with van der Waals surface area (Å²) in [5.41, 5.74) is 2.50. The first kappa shape index (κ1) is 35.9. The van der Waals surface area contributed by atoms with Gasteiger partial charge in [-0.3, -0.25) is 15.0 Å². The van der Waals surface area contributed by atoms with Gasteiger partial charge in [0.15, 0.2) is 23.1 Å². The van der Waals surface area contributed by atoms with E-state index in [1.807, 2.05) is 0 Å². The highest BCUT2D eigenvalue weighted by atomic mass is 35.5. The van der Waals surface area contributed by atoms with Crippen molar-refractivity contribution in [1.29, 1.82) is 0 Å². The molecule has 0 spiro atoms. The van der Waals surface area contributed by atoms with Gasteiger partial charge in [0.25, 0.3) is 0 Å². The Labute approximate surface area is 290 Å². The number of hydrogen-bond acceptors (Lipinski definition) is 11. The van der Waals surface area contributed by atoms with Crippen LogP contribution in [0.15, 0.2) is 60.8 Å². The number of rotatable bonds is 8. The quantitative estimate of drug-likeness (QED) is 0.122. The third-order valence-electron chi connectivity index (χ3n) is 7.92. The Morgan fingerprint density at radius 1 is 0.980 bits per heavy atom. The van der Waals surface area contributed by atoms with Crippen LogP contribution in [0.1, 0.15) is 56.8 Å². The van der Waals surface area contributed by atoms with Crippen molar-refractivity contribution in [3.05, 3.63) is 99.5 Å². The smallest absolute Gasteiger partial charge is 0.433 e. The molecule has 0 aliphatic carbocycles. The molecule has 3 aromatic carbocycles. The van der Waals surface area contributed by atoms with E-state index in [9.17, 15) is 28.1 Å². The number of amides is 1. The lowest BCUT2D eigenvalue weighted by atomic mass is 10.0. The van der Waals surface area contributed by atoms with Crippen LogP contribution in [-0.2, 0) is 4.84 Å². The molecule has 0 bridgehead atoms. The molecule has 1 aromatic heterocycles. The van der Waals surface area contributed by atoms with Crippen molar-refractivity contribution >= 4 is 47.3 Å². The number of aromatic nitrogens is 2. The number of anilines is 4. The molecule has 0 radical (unpaired) electrons. The first-order valence-corrected chi connectivity index (χ1v) is 15.3. The lowest BCUT2D eigenvalue weighted by Crippen LogP contribution is -2.48. The standard InChI is InChI=1S/C33H32F3N7O6.ClH/c1-33(2,3)42(32(44)49-41-24-13-15-48-29-20(24)7-5-9-22(29)36)26-11-10-18(34)16-25(26)39-31-37-17-27(43(45)46)30(40-31)38-23-12-14-47-28-19(23)6-4-8-21(28)35;/h4-11,16-17,23-24,41H,12-15H2,1-3H3,(H2,37,38,39,40);1H/t23-,24-;/m1./s1. The van der Waals surface area contributed by atoms with Crippen molar-refractivity contribution in [3.63, 3.8) is 0 Å². The van der Waals surface area contributed by atoms with Gasteiger partial charge < -0.3 is 24.9 Å². The topological polar surface area (TPSA) is 153 Å². The second-order valence-corrected chi connectivity index (χ2v) is 12.3. The lowest BCUT2D eigenvalue weighted by molar-refractivity contribution is -0.384. The Hall–Kier alpha value is -5.35. The van der Waals surface area contributed by atoms with E-state index >= 15 is 0 Å². The van der Waals surface area contributed by atoms with E-state index in [0.717, 1.165) is 18.3 Å². The molecule has 2 aliphatic rings. The molecule has 3 heterocycles. The molecular weight excluding hydrogens is 683 g/mol. The first-order valence-electron chi connectivity index (χ1n) is 15.3. The van der Waals surface area contributed by atoms with E-state index in [1.165, 1.54) is 35.2 Å². The molecule has 1 amide bonds. The third kappa shape index (κ3) is 7.45. The molecule has 0 fully saturated rings. The van der Waals surface area contributed by atoms with Gasteiger partial charge in [-0.05, 0) is 51.1 Å². The van der Waals surface area contributed by atoms with E-state index < -0.39 is 51.8 Å². The molecule has 50 heavy (non-hydrogen) atoms. The Kier molecular flexibility index (Phi) is 10.5. The van der Waals surface area contributed by atoms with Gasteiger partial charge in [-0.25, -0.2) is 22.9 Å². The maximum absolute atomic E-state index is 14.7. The van der Waals surface area contributed by atoms with Crippen molar-refractivity contribution in [2.24, 2.45) is 0 Å². The number of ether oxygens (including phenoxy) is 2. The third-order valence-corrected chi connectivity index (χ3v) is 7.92. The van der Waals surface area contributed by atoms with Crippen LogP contribution in [0, 0.1) is 27.6 Å². The summed E-state index contributed by atoms with van der Waals surface area (Å²) in [6.07, 6.45) is 0.880. The molecule has 3 N–H and O–H groups in total. The average molecular weight is 716 g/mol. The minimum absolute atomic E-state index is 0. The highest BCUT2D eigenvalue weighted by Gasteiger charge is 2.34. The molecule has 2 aliphatic heterocycles. The highest BCUT2D eigenvalue weighted by Crippen LogP contribution is 2.39. The minimum Gasteiger partial charge on any atom is -0.490 e. The zero-order valence-electron chi connectivity index (χ0n) is 27.0. The van der Waals surface area contributed by atoms with Crippen molar-refractivity contribution in [3.8, 4) is 11.5 Å². The molecule has 13 nitrogen and oxygen atoms in total. The molecule has 0 saturated heterocycles. The van der Waals surface area contributed by atoms with Crippen LogP contribution in [0.25, 0.3) is 0 Å². The zero-order chi connectivity index (χ0) is 34.9. The van der Waals surface area contributed by atoms with Crippen molar-refractivity contribution in [2.75, 3.05) is 28.7 Å². The molecular formula is C33H33ClF3N7O6. The molecule has 4 aromatic rings. The summed E-state index contributed by atoms with van der Waals surface area (Å²) in [7, 11) is 0. The van der Waals surface area contributed by atoms with Gasteiger partial charge in [0.2, 0.25) is 11.8 Å². The van der Waals surface area contributed by atoms with E-state index in [0.29, 0.717) is 24.0 Å². The number of hydroxylamine groups is 1. The van der Waals surface area contributed by atoms with Crippen LogP contribution in [0.3, 0.4) is 0 Å². The summed E-state index contributed by atoms with van der Waals surface area (Å²) in [4.78, 5) is 40.1. The number of carbonyl (C=O) groups excluding carboxylic acids is 1. The van der Waals surface area contributed by atoms with E-state index in [1.54, 1.807) is 32.9 Å². The maximum atomic E-state index is 14.7. The minimum atomic E-state index is -0.929. The predicted molar refractivity (Wildman–Crippen MR) is 180 cm³/mol. The van der Waals surface area contributed by atoms with Crippen LogP contribution in [0.4, 0.5) is 46.8 Å². The zero-order valence-corrected chi connectivity index (χ0v) is 27.9. The average Bonchev–Trinajstić information content (AvgIpc) is 3.05. The number of hydrogen-bond donors (Lipinski definition) is 3. The largest absolute Gasteiger partial charge is 0.490 e. The summed E-state index contributed by atoms with van der Waals surface area (Å²) in [6.45, 7) is 5.56. The van der Waals surface area contributed by atoms with Gasteiger partial charge in [-0.1, -0.05) is 24.3 Å². The molecule has 17 heteroatoms. The summed E-state index contributed by atoms with van der Waals surface area (Å²) < 4.78 is 54.3. The van der Waals surface area contributed by atoms with Gasteiger partial charge in [0, 0.05) is 29.5 Å². The summed E-state index contributed by atoms with van der Waals surface area (Å²) in [5.74, 6) is -1.97. The summed E-state index contributed by atoms with van der Waals surface area (Å²) in [6, 6.07) is 11.4. The molecule has 6 rings (SSSR count). The van der Waals surface area contributed by atoms with Crippen LogP contribution in [-0.4, -0.2) is 39.7 Å². The van der Waals surface area contributed by atoms with Gasteiger partial charge in [0.05, 0.1) is 41.6 Å². The van der Waals surface area contributed by atoms with E-state index in [4.69, 9.17) is 14.3 Å². The number of halogens is 4. The summed E-state index contributed by atoms with van der Waals surface area (Å²) >= 11 is 0. The number of nitrogens with one attached hydrogen (secondary N) is 3. The number of fused-ring (bicyclic) bond motifs is 2. The fourth-order valence-corrected chi connectivity index (χ4v) is 5.71. The molecule has 0 saturated carbocycles. The molecule has 264 valence electrons. The monoisotopic (exact) mass is 715 g/mol. The Morgan fingerprint density at radius 2 is 1.60 bits per heavy atom. The fourth-order valence-electron chi connectivity index (χ4n) is 5.71. The molecule has 0 unspecified atom stereocenters. The normalized spacial score (nSPS) is 16.4. The fraction of sp³-hybridized carbons (Fsp3) is 0.303. The van der Waals surface area contributed by atoms with E-state index in [-0.39, 0.29) is 60.3 Å². The Morgan fingerprint density at radius 3 is 2.22 bits per heavy atom. The second kappa shape index (κ2) is 14.6. The number of para-hydroxylation sites is 2. The summed E-state index contributed by atoms with van der Waals surface area (Å²) in [5, 5.41) is 17.8. The van der Waals surface area contributed by atoms with Crippen molar-refractivity contribution in [2.45, 2.75) is 51.2 Å². The van der Waals surface area contributed by atoms with Gasteiger partial charge in [-0.2, -0.15) is 4.98 Å². The lowest BCUT2D eigenvalue weighted by Gasteiger charge is -2.36. The number of carbonyl (C=O) groups is 1. The SMILES string of the molecule is CC(C)(C)N(C(=O)ON[C@@H]1CCOc2c(F)cccc21)c1ccc(F)cc1Nc1ncc([N+](=O)[O-])c(N[C@@H]2CCOc3c(F)cccc32)n1.Cl. The Bertz CT molecular complexity index is 1910. The number of benzene rings is 3. The van der Waals surface area contributed by atoms with Crippen LogP contribution < -0.4 is 30.5 Å². The molecule has 2 atom stereocenters. The van der Waals surface area contributed by atoms with Crippen LogP contribution in [0.5, 0.6) is 11.5 Å². The first-order chi connectivity index (χ1) is 23.4. The number of nitro groups is 1. The van der Waals surface area contributed by atoms with Crippen molar-refractivity contribution in [1.82, 2.24) is 15.4 Å². The van der Waals surface area contributed by atoms with Crippen LogP contribution >= 0.6 is 12.4 Å². The Balaban J connectivity index is 0.00000486. The van der Waals surface area contributed by atoms with E-state index in [2.05, 4.69) is 26.1 Å². The number of nitrogens with zero attached hydrogens (tertiary/aromatic N) is 4.